The number of nitrogens with one attached hydrogen (secondary N) is 2. The first kappa shape index (κ1) is 14.0. The molecule has 0 fully saturated rings. The second-order valence-electron chi connectivity index (χ2n) is 4.62. The van der Waals surface area contributed by atoms with Gasteiger partial charge in [0.15, 0.2) is 10.6 Å². The van der Waals surface area contributed by atoms with Crippen molar-refractivity contribution in [1.82, 2.24) is 20.1 Å². The number of amides is 1. The van der Waals surface area contributed by atoms with Crippen molar-refractivity contribution in [3.8, 4) is 0 Å². The number of carbonyl (C=O) groups excluding carboxylic acids is 1. The van der Waals surface area contributed by atoms with Crippen LogP contribution in [0, 0.1) is 10.7 Å². The minimum Gasteiger partial charge on any atom is -0.341 e. The number of hydrogen-bond donors (Lipinski definition) is 2. The van der Waals surface area contributed by atoms with Crippen LogP contribution < -0.4 is 5.32 Å². The van der Waals surface area contributed by atoms with Crippen LogP contribution in [0.2, 0.25) is 0 Å². The maximum atomic E-state index is 12.1. The molecule has 5 nitrogen and oxygen atoms in total. The zero-order chi connectivity index (χ0) is 14.0. The molecule has 2 aromatic heterocycles. The summed E-state index contributed by atoms with van der Waals surface area (Å²) in [5, 5.41) is 11.8. The van der Waals surface area contributed by atoms with Gasteiger partial charge >= 0.3 is 0 Å². The Morgan fingerprint density at radius 2 is 2.32 bits per heavy atom. The Morgan fingerprint density at radius 1 is 1.58 bits per heavy atom. The van der Waals surface area contributed by atoms with Crippen molar-refractivity contribution in [3.63, 3.8) is 0 Å². The van der Waals surface area contributed by atoms with Gasteiger partial charge in [-0.3, -0.25) is 9.89 Å². The molecule has 0 unspecified atom stereocenters. The fourth-order valence-corrected chi connectivity index (χ4v) is 2.55. The fourth-order valence-electron chi connectivity index (χ4n) is 1.79. The van der Waals surface area contributed by atoms with E-state index in [-0.39, 0.29) is 17.9 Å². The molecule has 0 saturated heterocycles. The number of aromatic amines is 1. The third kappa shape index (κ3) is 2.93. The van der Waals surface area contributed by atoms with Gasteiger partial charge in [-0.05, 0) is 29.6 Å². The predicted molar refractivity (Wildman–Crippen MR) is 77.8 cm³/mol. The first-order valence-corrected chi connectivity index (χ1v) is 7.25. The van der Waals surface area contributed by atoms with E-state index in [2.05, 4.69) is 15.5 Å². The molecule has 0 aromatic carbocycles. The summed E-state index contributed by atoms with van der Waals surface area (Å²) < 4.78 is 2.33. The van der Waals surface area contributed by atoms with Crippen molar-refractivity contribution in [1.29, 1.82) is 0 Å². The molecule has 1 amide bonds. The Balaban J connectivity index is 2.25. The van der Waals surface area contributed by atoms with Crippen LogP contribution in [0.4, 0.5) is 0 Å². The maximum absolute atomic E-state index is 12.1. The van der Waals surface area contributed by atoms with Gasteiger partial charge in [-0.15, -0.1) is 11.3 Å². The summed E-state index contributed by atoms with van der Waals surface area (Å²) in [5.74, 6) is 0.875. The summed E-state index contributed by atoms with van der Waals surface area (Å²) >= 11 is 6.53. The summed E-state index contributed by atoms with van der Waals surface area (Å²) in [6.45, 7) is 4.08. The van der Waals surface area contributed by atoms with E-state index in [4.69, 9.17) is 12.2 Å². The van der Waals surface area contributed by atoms with Gasteiger partial charge in [0.05, 0.1) is 10.9 Å². The zero-order valence-electron chi connectivity index (χ0n) is 11.0. The molecule has 2 rings (SSSR count). The summed E-state index contributed by atoms with van der Waals surface area (Å²) in [6.07, 6.45) is 0. The Kier molecular flexibility index (Phi) is 4.16. The molecule has 7 heteroatoms. The number of rotatable bonds is 4. The highest BCUT2D eigenvalue weighted by atomic mass is 32.1. The number of nitrogens with zero attached hydrogens (tertiary/aromatic N) is 2. The van der Waals surface area contributed by atoms with Crippen LogP contribution in [-0.4, -0.2) is 20.7 Å². The zero-order valence-corrected chi connectivity index (χ0v) is 12.6. The van der Waals surface area contributed by atoms with Crippen LogP contribution in [0.5, 0.6) is 0 Å². The van der Waals surface area contributed by atoms with E-state index in [1.807, 2.05) is 32.3 Å². The van der Waals surface area contributed by atoms with Crippen LogP contribution >= 0.6 is 23.6 Å². The normalized spacial score (nSPS) is 12.6. The smallest absolute Gasteiger partial charge is 0.261 e. The SMILES string of the molecule is CC(C)[C@H](NC(=O)c1cccs1)c1n[nH]c(=S)n1C. The average Bonchev–Trinajstić information content (AvgIpc) is 2.99. The number of carbonyl (C=O) groups is 1. The molecule has 0 radical (unpaired) electrons. The van der Waals surface area contributed by atoms with Gasteiger partial charge in [0.1, 0.15) is 0 Å². The Labute approximate surface area is 120 Å². The first-order valence-electron chi connectivity index (χ1n) is 5.96. The highest BCUT2D eigenvalue weighted by Crippen LogP contribution is 2.20. The molecule has 102 valence electrons. The minimum atomic E-state index is -0.174. The van der Waals surface area contributed by atoms with Gasteiger partial charge < -0.3 is 9.88 Å². The van der Waals surface area contributed by atoms with Gasteiger partial charge in [-0.25, -0.2) is 0 Å². The molecular weight excluding hydrogens is 280 g/mol. The monoisotopic (exact) mass is 296 g/mol. The summed E-state index contributed by atoms with van der Waals surface area (Å²) in [5.41, 5.74) is 0. The highest BCUT2D eigenvalue weighted by molar-refractivity contribution is 7.71. The summed E-state index contributed by atoms with van der Waals surface area (Å²) in [4.78, 5) is 12.8. The third-order valence-electron chi connectivity index (χ3n) is 2.89. The topological polar surface area (TPSA) is 62.7 Å². The molecule has 1 atom stereocenters. The van der Waals surface area contributed by atoms with Crippen LogP contribution in [0.1, 0.15) is 35.4 Å². The maximum Gasteiger partial charge on any atom is 0.261 e. The molecule has 0 bridgehead atoms. The molecule has 0 aliphatic rings. The van der Waals surface area contributed by atoms with Crippen molar-refractivity contribution < 1.29 is 4.79 Å². The van der Waals surface area contributed by atoms with Crippen LogP contribution in [0.3, 0.4) is 0 Å². The molecule has 2 heterocycles. The lowest BCUT2D eigenvalue weighted by atomic mass is 10.0. The fraction of sp³-hybridized carbons (Fsp3) is 0.417. The Morgan fingerprint density at radius 3 is 2.79 bits per heavy atom. The van der Waals surface area contributed by atoms with Gasteiger partial charge in [0.25, 0.3) is 5.91 Å². The Bertz CT molecular complexity index is 612. The largest absolute Gasteiger partial charge is 0.341 e. The molecule has 0 saturated carbocycles. The molecule has 0 aliphatic carbocycles. The molecular formula is C12H16N4OS2. The predicted octanol–water partition coefficient (Wildman–Crippen LogP) is 2.67. The number of thiophene rings is 1. The molecule has 0 aliphatic heterocycles. The second-order valence-corrected chi connectivity index (χ2v) is 5.95. The molecule has 0 spiro atoms. The van der Waals surface area contributed by atoms with Gasteiger partial charge in [-0.2, -0.15) is 5.10 Å². The molecule has 2 N–H and O–H groups in total. The van der Waals surface area contributed by atoms with Crippen molar-refractivity contribution in [2.45, 2.75) is 19.9 Å². The standard InChI is InChI=1S/C12H16N4OS2/c1-7(2)9(10-14-15-12(18)16(10)3)13-11(17)8-5-4-6-19-8/h4-7,9H,1-3H3,(H,13,17)(H,15,18)/t9-/m0/s1. The number of hydrogen-bond acceptors (Lipinski definition) is 4. The van der Waals surface area contributed by atoms with E-state index >= 15 is 0 Å². The number of aromatic nitrogens is 3. The first-order chi connectivity index (χ1) is 9.00. The van der Waals surface area contributed by atoms with E-state index in [9.17, 15) is 4.79 Å². The van der Waals surface area contributed by atoms with Crippen molar-refractivity contribution in [3.05, 3.63) is 33.0 Å². The van der Waals surface area contributed by atoms with Crippen molar-refractivity contribution in [2.75, 3.05) is 0 Å². The van der Waals surface area contributed by atoms with E-state index in [1.54, 1.807) is 10.6 Å². The molecule has 2 aromatic rings. The summed E-state index contributed by atoms with van der Waals surface area (Å²) in [6, 6.07) is 3.49. The lowest BCUT2D eigenvalue weighted by Crippen LogP contribution is -2.33. The number of H-pyrrole nitrogens is 1. The summed E-state index contributed by atoms with van der Waals surface area (Å²) in [7, 11) is 1.84. The third-order valence-corrected chi connectivity index (χ3v) is 4.12. The Hall–Kier alpha value is -1.47. The van der Waals surface area contributed by atoms with Crippen LogP contribution in [0.25, 0.3) is 0 Å². The quantitative estimate of drug-likeness (QED) is 0.853. The second kappa shape index (κ2) is 5.66. The van der Waals surface area contributed by atoms with E-state index in [0.29, 0.717) is 9.65 Å². The van der Waals surface area contributed by atoms with E-state index in [1.165, 1.54) is 11.3 Å². The van der Waals surface area contributed by atoms with E-state index in [0.717, 1.165) is 5.82 Å². The lowest BCUT2D eigenvalue weighted by Gasteiger charge is -2.21. The van der Waals surface area contributed by atoms with Crippen molar-refractivity contribution >= 4 is 29.5 Å². The van der Waals surface area contributed by atoms with E-state index < -0.39 is 0 Å². The van der Waals surface area contributed by atoms with Gasteiger partial charge in [-0.1, -0.05) is 19.9 Å². The highest BCUT2D eigenvalue weighted by Gasteiger charge is 2.23. The van der Waals surface area contributed by atoms with Crippen LogP contribution in [-0.2, 0) is 7.05 Å². The minimum absolute atomic E-state index is 0.0809. The molecule has 19 heavy (non-hydrogen) atoms. The lowest BCUT2D eigenvalue weighted by molar-refractivity contribution is 0.0926. The average molecular weight is 296 g/mol. The van der Waals surface area contributed by atoms with Crippen molar-refractivity contribution in [2.24, 2.45) is 13.0 Å². The van der Waals surface area contributed by atoms with Crippen LogP contribution in [0.15, 0.2) is 17.5 Å². The van der Waals surface area contributed by atoms with Gasteiger partial charge in [0, 0.05) is 7.05 Å². The van der Waals surface area contributed by atoms with Gasteiger partial charge in [0.2, 0.25) is 0 Å².